The molecule has 2 aromatic heterocycles. The number of hydrogen-bond acceptors (Lipinski definition) is 4. The largest absolute Gasteiger partial charge is 0.340 e. The van der Waals surface area contributed by atoms with Crippen LogP contribution in [0.5, 0.6) is 0 Å². The zero-order chi connectivity index (χ0) is 16.2. The predicted octanol–water partition coefficient (Wildman–Crippen LogP) is 2.41. The van der Waals surface area contributed by atoms with E-state index in [0.29, 0.717) is 18.0 Å². The smallest absolute Gasteiger partial charge is 0.264 e. The van der Waals surface area contributed by atoms with Crippen LogP contribution in [-0.4, -0.2) is 46.2 Å². The average molecular weight is 329 g/mol. The van der Waals surface area contributed by atoms with Crippen molar-refractivity contribution in [2.75, 3.05) is 13.6 Å². The third kappa shape index (κ3) is 3.42. The molecule has 0 aliphatic carbocycles. The zero-order valence-corrected chi connectivity index (χ0v) is 13.8. The molecule has 1 atom stereocenters. The van der Waals surface area contributed by atoms with Gasteiger partial charge in [0.05, 0.1) is 4.88 Å². The third-order valence-electron chi connectivity index (χ3n) is 4.05. The lowest BCUT2D eigenvalue weighted by atomic mass is 10.1. The van der Waals surface area contributed by atoms with E-state index in [-0.39, 0.29) is 17.9 Å². The molecule has 6 heteroatoms. The Kier molecular flexibility index (Phi) is 4.71. The number of rotatable bonds is 4. The Morgan fingerprint density at radius 3 is 2.96 bits per heavy atom. The number of nitrogens with zero attached hydrogens (tertiary/aromatic N) is 3. The van der Waals surface area contributed by atoms with Gasteiger partial charge < -0.3 is 9.80 Å². The van der Waals surface area contributed by atoms with Crippen LogP contribution in [-0.2, 0) is 11.3 Å². The molecule has 1 fully saturated rings. The van der Waals surface area contributed by atoms with Gasteiger partial charge in [0.2, 0.25) is 5.91 Å². The van der Waals surface area contributed by atoms with E-state index in [1.165, 1.54) is 11.3 Å². The van der Waals surface area contributed by atoms with E-state index >= 15 is 0 Å². The van der Waals surface area contributed by atoms with Crippen LogP contribution in [0.4, 0.5) is 0 Å². The molecule has 120 valence electrons. The van der Waals surface area contributed by atoms with Gasteiger partial charge in [-0.2, -0.15) is 0 Å². The van der Waals surface area contributed by atoms with E-state index in [0.717, 1.165) is 18.4 Å². The molecular weight excluding hydrogens is 310 g/mol. The van der Waals surface area contributed by atoms with Crippen molar-refractivity contribution in [2.45, 2.75) is 25.4 Å². The highest BCUT2D eigenvalue weighted by Gasteiger charge is 2.36. The van der Waals surface area contributed by atoms with Crippen LogP contribution in [0.3, 0.4) is 0 Å². The monoisotopic (exact) mass is 329 g/mol. The van der Waals surface area contributed by atoms with Gasteiger partial charge in [-0.1, -0.05) is 12.1 Å². The second-order valence-electron chi connectivity index (χ2n) is 5.69. The van der Waals surface area contributed by atoms with Gasteiger partial charge in [-0.25, -0.2) is 0 Å². The summed E-state index contributed by atoms with van der Waals surface area (Å²) in [6.45, 7) is 1.15. The molecule has 3 rings (SSSR count). The van der Waals surface area contributed by atoms with Gasteiger partial charge in [0.15, 0.2) is 0 Å². The van der Waals surface area contributed by atoms with Gasteiger partial charge >= 0.3 is 0 Å². The third-order valence-corrected chi connectivity index (χ3v) is 4.91. The van der Waals surface area contributed by atoms with Crippen molar-refractivity contribution in [3.8, 4) is 0 Å². The molecule has 0 N–H and O–H groups in total. The van der Waals surface area contributed by atoms with Crippen molar-refractivity contribution < 1.29 is 9.59 Å². The first-order valence-electron chi connectivity index (χ1n) is 7.65. The Balaban J connectivity index is 1.69. The quantitative estimate of drug-likeness (QED) is 0.865. The maximum atomic E-state index is 12.7. The first-order valence-corrected chi connectivity index (χ1v) is 8.53. The summed E-state index contributed by atoms with van der Waals surface area (Å²) in [6.07, 6.45) is 5.07. The second-order valence-corrected chi connectivity index (χ2v) is 6.64. The molecule has 2 amide bonds. The molecule has 0 aromatic carbocycles. The average Bonchev–Trinajstić information content (AvgIpc) is 3.26. The lowest BCUT2D eigenvalue weighted by Crippen LogP contribution is -2.46. The molecule has 0 saturated carbocycles. The van der Waals surface area contributed by atoms with Crippen molar-refractivity contribution in [1.82, 2.24) is 14.8 Å². The fraction of sp³-hybridized carbons (Fsp3) is 0.353. The van der Waals surface area contributed by atoms with Crippen LogP contribution in [0, 0.1) is 0 Å². The highest BCUT2D eigenvalue weighted by atomic mass is 32.1. The van der Waals surface area contributed by atoms with E-state index in [1.54, 1.807) is 29.2 Å². The minimum atomic E-state index is -0.355. The Hall–Kier alpha value is -2.21. The van der Waals surface area contributed by atoms with Crippen LogP contribution in [0.15, 0.2) is 42.0 Å². The highest BCUT2D eigenvalue weighted by Crippen LogP contribution is 2.23. The minimum absolute atomic E-state index is 0.00346. The number of thiophene rings is 1. The summed E-state index contributed by atoms with van der Waals surface area (Å²) in [5.41, 5.74) is 0.984. The van der Waals surface area contributed by atoms with Gasteiger partial charge in [-0.15, -0.1) is 11.3 Å². The first-order chi connectivity index (χ1) is 11.2. The fourth-order valence-corrected chi connectivity index (χ4v) is 3.59. The summed E-state index contributed by atoms with van der Waals surface area (Å²) in [4.78, 5) is 33.5. The second kappa shape index (κ2) is 6.91. The van der Waals surface area contributed by atoms with E-state index < -0.39 is 0 Å². The predicted molar refractivity (Wildman–Crippen MR) is 89.1 cm³/mol. The SMILES string of the molecule is CN(Cc1cccnc1)C(=O)C1CCCN1C(=O)c1cccs1. The number of hydrogen-bond donors (Lipinski definition) is 0. The van der Waals surface area contributed by atoms with Gasteiger partial charge in [0.1, 0.15) is 6.04 Å². The molecular formula is C17H19N3O2S. The lowest BCUT2D eigenvalue weighted by Gasteiger charge is -2.27. The summed E-state index contributed by atoms with van der Waals surface area (Å²) in [5.74, 6) is -0.0399. The van der Waals surface area contributed by atoms with Gasteiger partial charge in [-0.05, 0) is 35.9 Å². The van der Waals surface area contributed by atoms with Crippen LogP contribution in [0.25, 0.3) is 0 Å². The maximum absolute atomic E-state index is 12.7. The summed E-state index contributed by atoms with van der Waals surface area (Å²) >= 11 is 1.42. The molecule has 1 aliphatic heterocycles. The lowest BCUT2D eigenvalue weighted by molar-refractivity contribution is -0.134. The molecule has 0 radical (unpaired) electrons. The van der Waals surface area contributed by atoms with Crippen molar-refractivity contribution in [3.05, 3.63) is 52.5 Å². The molecule has 0 bridgehead atoms. The van der Waals surface area contributed by atoms with Crippen LogP contribution in [0.2, 0.25) is 0 Å². The topological polar surface area (TPSA) is 53.5 Å². The molecule has 0 spiro atoms. The van der Waals surface area contributed by atoms with E-state index in [1.807, 2.05) is 29.6 Å². The number of aromatic nitrogens is 1. The molecule has 5 nitrogen and oxygen atoms in total. The summed E-state index contributed by atoms with van der Waals surface area (Å²) in [6, 6.07) is 7.12. The number of carbonyl (C=O) groups excluding carboxylic acids is 2. The Morgan fingerprint density at radius 2 is 2.26 bits per heavy atom. The maximum Gasteiger partial charge on any atom is 0.264 e. The van der Waals surface area contributed by atoms with E-state index in [4.69, 9.17) is 0 Å². The Morgan fingerprint density at radius 1 is 1.39 bits per heavy atom. The number of likely N-dealkylation sites (tertiary alicyclic amines) is 1. The minimum Gasteiger partial charge on any atom is -0.340 e. The highest BCUT2D eigenvalue weighted by molar-refractivity contribution is 7.12. The van der Waals surface area contributed by atoms with E-state index in [2.05, 4.69) is 4.98 Å². The number of likely N-dealkylation sites (N-methyl/N-ethyl adjacent to an activating group) is 1. The summed E-state index contributed by atoms with van der Waals surface area (Å²) < 4.78 is 0. The molecule has 2 aromatic rings. The molecule has 23 heavy (non-hydrogen) atoms. The number of pyridine rings is 1. The standard InChI is InChI=1S/C17H19N3O2S/c1-19(12-13-5-2-8-18-11-13)16(21)14-6-3-9-20(14)17(22)15-7-4-10-23-15/h2,4-5,7-8,10-11,14H,3,6,9,12H2,1H3. The van der Waals surface area contributed by atoms with Crippen LogP contribution >= 0.6 is 11.3 Å². The van der Waals surface area contributed by atoms with Crippen LogP contribution < -0.4 is 0 Å². The summed E-state index contributed by atoms with van der Waals surface area (Å²) in [5, 5.41) is 1.88. The van der Waals surface area contributed by atoms with Crippen molar-refractivity contribution in [1.29, 1.82) is 0 Å². The first kappa shape index (κ1) is 15.7. The molecule has 3 heterocycles. The van der Waals surface area contributed by atoms with Gasteiger partial charge in [0, 0.05) is 32.5 Å². The molecule has 1 unspecified atom stereocenters. The van der Waals surface area contributed by atoms with Crippen LogP contribution in [0.1, 0.15) is 28.1 Å². The summed E-state index contributed by atoms with van der Waals surface area (Å²) in [7, 11) is 1.78. The van der Waals surface area contributed by atoms with Crippen molar-refractivity contribution >= 4 is 23.2 Å². The van der Waals surface area contributed by atoms with Gasteiger partial charge in [-0.3, -0.25) is 14.6 Å². The normalized spacial score (nSPS) is 17.3. The Bertz CT molecular complexity index is 672. The van der Waals surface area contributed by atoms with Crippen molar-refractivity contribution in [3.63, 3.8) is 0 Å². The van der Waals surface area contributed by atoms with E-state index in [9.17, 15) is 9.59 Å². The molecule has 1 aliphatic rings. The number of carbonyl (C=O) groups is 2. The zero-order valence-electron chi connectivity index (χ0n) is 13.0. The Labute approximate surface area is 139 Å². The molecule has 1 saturated heterocycles. The fourth-order valence-electron chi connectivity index (χ4n) is 2.91. The van der Waals surface area contributed by atoms with Gasteiger partial charge in [0.25, 0.3) is 5.91 Å². The van der Waals surface area contributed by atoms with Crippen molar-refractivity contribution in [2.24, 2.45) is 0 Å². The number of amides is 2.